The van der Waals surface area contributed by atoms with Crippen LogP contribution in [-0.2, 0) is 0 Å². The monoisotopic (exact) mass is 245 g/mol. The number of nitrogens with zero attached hydrogens (tertiary/aromatic N) is 1. The Bertz CT molecular complexity index is 613. The molecule has 0 aliphatic carbocycles. The van der Waals surface area contributed by atoms with Crippen LogP contribution in [0.15, 0.2) is 52.7 Å². The van der Waals surface area contributed by atoms with Crippen LogP contribution in [0.1, 0.15) is 0 Å². The highest BCUT2D eigenvalue weighted by Gasteiger charge is 2.07. The van der Waals surface area contributed by atoms with Crippen LogP contribution >= 0.6 is 11.3 Å². The van der Waals surface area contributed by atoms with Crippen LogP contribution in [0.3, 0.4) is 0 Å². The van der Waals surface area contributed by atoms with Gasteiger partial charge in [0.15, 0.2) is 0 Å². The fourth-order valence-corrected chi connectivity index (χ4v) is 2.36. The molecule has 4 heteroatoms. The van der Waals surface area contributed by atoms with E-state index in [-0.39, 0.29) is 5.82 Å². The van der Waals surface area contributed by atoms with E-state index in [4.69, 9.17) is 4.42 Å². The molecule has 0 radical (unpaired) electrons. The third kappa shape index (κ3) is 1.99. The molecule has 0 unspecified atom stereocenters. The Morgan fingerprint density at radius 1 is 1.06 bits per heavy atom. The molecule has 3 rings (SSSR count). The number of thiazole rings is 1. The Balaban J connectivity index is 1.98. The van der Waals surface area contributed by atoms with E-state index in [1.54, 1.807) is 36.0 Å². The predicted octanol–water partition coefficient (Wildman–Crippen LogP) is 4.21. The van der Waals surface area contributed by atoms with Crippen molar-refractivity contribution in [3.8, 4) is 21.8 Å². The van der Waals surface area contributed by atoms with Crippen molar-refractivity contribution in [2.45, 2.75) is 0 Å². The third-order valence-corrected chi connectivity index (χ3v) is 3.30. The fraction of sp³-hybridized carbons (Fsp3) is 0. The highest BCUT2D eigenvalue weighted by molar-refractivity contribution is 7.13. The molecule has 0 saturated heterocycles. The first-order chi connectivity index (χ1) is 8.33. The minimum absolute atomic E-state index is 0.237. The second kappa shape index (κ2) is 4.14. The molecule has 0 amide bonds. The van der Waals surface area contributed by atoms with Crippen LogP contribution in [0.5, 0.6) is 0 Å². The van der Waals surface area contributed by atoms with Crippen LogP contribution in [0.2, 0.25) is 0 Å². The molecule has 0 bridgehead atoms. The van der Waals surface area contributed by atoms with Gasteiger partial charge in [-0.15, -0.1) is 11.3 Å². The van der Waals surface area contributed by atoms with Crippen molar-refractivity contribution < 1.29 is 8.81 Å². The summed E-state index contributed by atoms with van der Waals surface area (Å²) >= 11 is 1.54. The summed E-state index contributed by atoms with van der Waals surface area (Å²) < 4.78 is 17.8. The van der Waals surface area contributed by atoms with E-state index in [0.29, 0.717) is 0 Å². The second-order valence-electron chi connectivity index (χ2n) is 3.56. The molecule has 0 aliphatic heterocycles. The molecular weight excluding hydrogens is 237 g/mol. The average Bonchev–Trinajstić information content (AvgIpc) is 3.00. The smallest absolute Gasteiger partial charge is 0.127 e. The van der Waals surface area contributed by atoms with Crippen molar-refractivity contribution in [1.29, 1.82) is 0 Å². The molecule has 0 N–H and O–H groups in total. The van der Waals surface area contributed by atoms with Crippen molar-refractivity contribution in [3.05, 3.63) is 54.1 Å². The lowest BCUT2D eigenvalue weighted by Gasteiger charge is -1.95. The normalized spacial score (nSPS) is 10.6. The molecule has 0 atom stereocenters. The SMILES string of the molecule is Fc1ccc(-c2csc(-c3ccoc3)n2)cc1. The van der Waals surface area contributed by atoms with Crippen molar-refractivity contribution in [3.63, 3.8) is 0 Å². The molecule has 0 spiro atoms. The Hall–Kier alpha value is -1.94. The molecule has 17 heavy (non-hydrogen) atoms. The summed E-state index contributed by atoms with van der Waals surface area (Å²) in [4.78, 5) is 4.49. The summed E-state index contributed by atoms with van der Waals surface area (Å²) in [5, 5.41) is 2.85. The summed E-state index contributed by atoms with van der Waals surface area (Å²) in [5.74, 6) is -0.237. The topological polar surface area (TPSA) is 26.0 Å². The third-order valence-electron chi connectivity index (χ3n) is 2.41. The first-order valence-electron chi connectivity index (χ1n) is 5.07. The lowest BCUT2D eigenvalue weighted by Crippen LogP contribution is -1.79. The number of halogens is 1. The molecule has 0 aliphatic rings. The van der Waals surface area contributed by atoms with Crippen molar-refractivity contribution in [2.24, 2.45) is 0 Å². The summed E-state index contributed by atoms with van der Waals surface area (Å²) in [5.41, 5.74) is 2.73. The zero-order valence-electron chi connectivity index (χ0n) is 8.76. The van der Waals surface area contributed by atoms with Gasteiger partial charge in [0.05, 0.1) is 12.0 Å². The van der Waals surface area contributed by atoms with Gasteiger partial charge in [0, 0.05) is 16.5 Å². The minimum Gasteiger partial charge on any atom is -0.472 e. The molecule has 3 aromatic rings. The van der Waals surface area contributed by atoms with Gasteiger partial charge in [0.2, 0.25) is 0 Å². The van der Waals surface area contributed by atoms with Gasteiger partial charge < -0.3 is 4.42 Å². The predicted molar refractivity (Wildman–Crippen MR) is 65.2 cm³/mol. The summed E-state index contributed by atoms with van der Waals surface area (Å²) in [7, 11) is 0. The van der Waals surface area contributed by atoms with Crippen LogP contribution in [-0.4, -0.2) is 4.98 Å². The lowest BCUT2D eigenvalue weighted by atomic mass is 10.2. The molecule has 2 aromatic heterocycles. The maximum atomic E-state index is 12.8. The maximum absolute atomic E-state index is 12.8. The highest BCUT2D eigenvalue weighted by Crippen LogP contribution is 2.28. The zero-order chi connectivity index (χ0) is 11.7. The van der Waals surface area contributed by atoms with Gasteiger partial charge in [-0.1, -0.05) is 0 Å². The summed E-state index contributed by atoms with van der Waals surface area (Å²) in [6.07, 6.45) is 3.28. The van der Waals surface area contributed by atoms with E-state index in [0.717, 1.165) is 21.8 Å². The highest BCUT2D eigenvalue weighted by atomic mass is 32.1. The number of hydrogen-bond acceptors (Lipinski definition) is 3. The second-order valence-corrected chi connectivity index (χ2v) is 4.41. The van der Waals surface area contributed by atoms with Crippen LogP contribution < -0.4 is 0 Å². The van der Waals surface area contributed by atoms with Gasteiger partial charge in [-0.2, -0.15) is 0 Å². The summed E-state index contributed by atoms with van der Waals surface area (Å²) in [6.45, 7) is 0. The van der Waals surface area contributed by atoms with E-state index >= 15 is 0 Å². The number of hydrogen-bond donors (Lipinski definition) is 0. The molecule has 0 fully saturated rings. The Labute approximate surface area is 101 Å². The van der Waals surface area contributed by atoms with E-state index in [9.17, 15) is 4.39 Å². The van der Waals surface area contributed by atoms with Gasteiger partial charge in [0.25, 0.3) is 0 Å². The zero-order valence-corrected chi connectivity index (χ0v) is 9.58. The van der Waals surface area contributed by atoms with Gasteiger partial charge in [-0.05, 0) is 30.3 Å². The number of aromatic nitrogens is 1. The van der Waals surface area contributed by atoms with E-state index in [1.165, 1.54) is 12.1 Å². The quantitative estimate of drug-likeness (QED) is 0.676. The van der Waals surface area contributed by atoms with Crippen LogP contribution in [0.4, 0.5) is 4.39 Å². The number of rotatable bonds is 2. The maximum Gasteiger partial charge on any atom is 0.127 e. The van der Waals surface area contributed by atoms with Crippen molar-refractivity contribution in [2.75, 3.05) is 0 Å². The molecule has 2 heterocycles. The van der Waals surface area contributed by atoms with Crippen molar-refractivity contribution >= 4 is 11.3 Å². The van der Waals surface area contributed by atoms with Gasteiger partial charge in [-0.3, -0.25) is 0 Å². The molecule has 2 nitrogen and oxygen atoms in total. The number of benzene rings is 1. The van der Waals surface area contributed by atoms with Crippen LogP contribution in [0.25, 0.3) is 21.8 Å². The van der Waals surface area contributed by atoms with Gasteiger partial charge >= 0.3 is 0 Å². The minimum atomic E-state index is -0.237. The Morgan fingerprint density at radius 2 is 1.88 bits per heavy atom. The molecular formula is C13H8FNOS. The van der Waals surface area contributed by atoms with E-state index in [1.807, 2.05) is 11.4 Å². The first-order valence-corrected chi connectivity index (χ1v) is 5.95. The number of furan rings is 1. The molecule has 84 valence electrons. The standard InChI is InChI=1S/C13H8FNOS/c14-11-3-1-9(2-4-11)12-8-17-13(15-12)10-5-6-16-7-10/h1-8H. The lowest BCUT2D eigenvalue weighted by molar-refractivity contribution is 0.568. The van der Waals surface area contributed by atoms with Gasteiger partial charge in [-0.25, -0.2) is 9.37 Å². The van der Waals surface area contributed by atoms with E-state index < -0.39 is 0 Å². The van der Waals surface area contributed by atoms with E-state index in [2.05, 4.69) is 4.98 Å². The van der Waals surface area contributed by atoms with Crippen LogP contribution in [0, 0.1) is 5.82 Å². The average molecular weight is 245 g/mol. The Kier molecular flexibility index (Phi) is 2.49. The van der Waals surface area contributed by atoms with Gasteiger partial charge in [0.1, 0.15) is 17.1 Å². The largest absolute Gasteiger partial charge is 0.472 e. The Morgan fingerprint density at radius 3 is 2.59 bits per heavy atom. The fourth-order valence-electron chi connectivity index (χ4n) is 1.55. The molecule has 0 saturated carbocycles. The molecule has 1 aromatic carbocycles. The summed E-state index contributed by atoms with van der Waals surface area (Å²) in [6, 6.07) is 8.19. The first kappa shape index (κ1) is 10.2. The van der Waals surface area contributed by atoms with Crippen molar-refractivity contribution in [1.82, 2.24) is 4.98 Å².